The Morgan fingerprint density at radius 1 is 1.16 bits per heavy atom. The molecule has 31 heavy (non-hydrogen) atoms. The van der Waals surface area contributed by atoms with Gasteiger partial charge in [-0.05, 0) is 70.1 Å². The highest BCUT2D eigenvalue weighted by molar-refractivity contribution is 14.1. The predicted molar refractivity (Wildman–Crippen MR) is 134 cm³/mol. The number of thioether (sulfide) groups is 1. The number of nitrogens with one attached hydrogen (secondary N) is 1. The maximum atomic E-state index is 12.0. The lowest BCUT2D eigenvalue weighted by molar-refractivity contribution is -0.118. The third kappa shape index (κ3) is 7.45. The van der Waals surface area contributed by atoms with Crippen LogP contribution < -0.4 is 14.9 Å². The number of rotatable bonds is 9. The van der Waals surface area contributed by atoms with Gasteiger partial charge < -0.3 is 9.47 Å². The zero-order chi connectivity index (χ0) is 22.1. The highest BCUT2D eigenvalue weighted by atomic mass is 127. The van der Waals surface area contributed by atoms with E-state index in [4.69, 9.17) is 21.1 Å². The number of amides is 1. The van der Waals surface area contributed by atoms with E-state index in [9.17, 15) is 4.79 Å². The zero-order valence-electron chi connectivity index (χ0n) is 16.7. The van der Waals surface area contributed by atoms with Crippen LogP contribution in [0.5, 0.6) is 11.5 Å². The first-order valence-corrected chi connectivity index (χ1v) is 11.7. The van der Waals surface area contributed by atoms with Crippen molar-refractivity contribution >= 4 is 58.1 Å². The molecule has 0 saturated heterocycles. The molecule has 0 aromatic heterocycles. The molecule has 0 heterocycles. The van der Waals surface area contributed by atoms with Gasteiger partial charge in [0.1, 0.15) is 6.61 Å². The Morgan fingerprint density at radius 2 is 1.90 bits per heavy atom. The molecule has 0 atom stereocenters. The Bertz CT molecular complexity index is 1050. The fraction of sp³-hybridized carbons (Fsp3) is 0.130. The van der Waals surface area contributed by atoms with E-state index in [-0.39, 0.29) is 11.7 Å². The summed E-state index contributed by atoms with van der Waals surface area (Å²) >= 11 is 9.48. The van der Waals surface area contributed by atoms with Crippen LogP contribution in [0.15, 0.2) is 76.7 Å². The molecule has 5 nitrogen and oxygen atoms in total. The lowest BCUT2D eigenvalue weighted by atomic mass is 10.2. The maximum absolute atomic E-state index is 12.0. The largest absolute Gasteiger partial charge is 0.493 e. The van der Waals surface area contributed by atoms with Crippen LogP contribution in [0.2, 0.25) is 5.02 Å². The second-order valence-corrected chi connectivity index (χ2v) is 8.99. The average molecular weight is 567 g/mol. The van der Waals surface area contributed by atoms with Gasteiger partial charge in [-0.1, -0.05) is 41.9 Å². The first-order chi connectivity index (χ1) is 15.0. The van der Waals surface area contributed by atoms with Crippen LogP contribution in [0.25, 0.3) is 0 Å². The van der Waals surface area contributed by atoms with E-state index in [1.54, 1.807) is 25.5 Å². The highest BCUT2D eigenvalue weighted by Crippen LogP contribution is 2.34. The number of nitrogens with zero attached hydrogens (tertiary/aromatic N) is 1. The molecule has 160 valence electrons. The van der Waals surface area contributed by atoms with Crippen molar-refractivity contribution < 1.29 is 14.3 Å². The molecule has 0 aliphatic carbocycles. The quantitative estimate of drug-likeness (QED) is 0.155. The minimum atomic E-state index is -0.194. The standard InChI is InChI=1S/C23H20ClIN2O3S/c1-29-21-12-17(11-20(25)23(21)30-14-16-5-3-2-4-6-16)13-26-27-22(28)15-31-19-9-7-18(24)8-10-19/h2-13H,14-15H2,1H3,(H,27,28)/b26-13-. The maximum Gasteiger partial charge on any atom is 0.250 e. The second kappa shape index (κ2) is 12.0. The van der Waals surface area contributed by atoms with Crippen molar-refractivity contribution in [1.29, 1.82) is 0 Å². The van der Waals surface area contributed by atoms with Crippen LogP contribution in [0.1, 0.15) is 11.1 Å². The number of carbonyl (C=O) groups is 1. The van der Waals surface area contributed by atoms with E-state index >= 15 is 0 Å². The van der Waals surface area contributed by atoms with Crippen LogP contribution in [-0.2, 0) is 11.4 Å². The van der Waals surface area contributed by atoms with Gasteiger partial charge in [0.25, 0.3) is 0 Å². The third-order valence-electron chi connectivity index (χ3n) is 4.06. The number of hydrogen-bond acceptors (Lipinski definition) is 5. The summed E-state index contributed by atoms with van der Waals surface area (Å²) < 4.78 is 12.3. The molecule has 1 N–H and O–H groups in total. The van der Waals surface area contributed by atoms with Gasteiger partial charge in [0.15, 0.2) is 11.5 Å². The summed E-state index contributed by atoms with van der Waals surface area (Å²) in [6.07, 6.45) is 1.58. The fourth-order valence-corrected chi connectivity index (χ4v) is 4.17. The van der Waals surface area contributed by atoms with Gasteiger partial charge in [-0.2, -0.15) is 5.10 Å². The molecular formula is C23H20ClIN2O3S. The fourth-order valence-electron chi connectivity index (χ4n) is 2.57. The normalized spacial score (nSPS) is 10.8. The Morgan fingerprint density at radius 3 is 2.61 bits per heavy atom. The molecule has 0 saturated carbocycles. The molecule has 0 aliphatic heterocycles. The molecule has 3 aromatic rings. The molecule has 0 unspecified atom stereocenters. The second-order valence-electron chi connectivity index (χ2n) is 6.34. The van der Waals surface area contributed by atoms with Crippen molar-refractivity contribution in [2.75, 3.05) is 12.9 Å². The molecule has 0 bridgehead atoms. The monoisotopic (exact) mass is 566 g/mol. The lowest BCUT2D eigenvalue weighted by Gasteiger charge is -2.13. The average Bonchev–Trinajstić information content (AvgIpc) is 2.78. The Hall–Kier alpha value is -2.23. The number of hydrazone groups is 1. The Balaban J connectivity index is 1.56. The van der Waals surface area contributed by atoms with Crippen molar-refractivity contribution in [1.82, 2.24) is 5.43 Å². The molecule has 3 rings (SSSR count). The van der Waals surface area contributed by atoms with Crippen LogP contribution >= 0.6 is 46.0 Å². The molecule has 0 fully saturated rings. The van der Waals surface area contributed by atoms with Crippen molar-refractivity contribution in [3.63, 3.8) is 0 Å². The van der Waals surface area contributed by atoms with Crippen LogP contribution in [0.4, 0.5) is 0 Å². The lowest BCUT2D eigenvalue weighted by Crippen LogP contribution is -2.19. The van der Waals surface area contributed by atoms with E-state index in [1.807, 2.05) is 54.6 Å². The van der Waals surface area contributed by atoms with Crippen LogP contribution in [-0.4, -0.2) is 25.0 Å². The summed E-state index contributed by atoms with van der Waals surface area (Å²) in [6.45, 7) is 0.446. The van der Waals surface area contributed by atoms with E-state index in [1.165, 1.54) is 11.8 Å². The van der Waals surface area contributed by atoms with Gasteiger partial charge in [-0.25, -0.2) is 5.43 Å². The van der Waals surface area contributed by atoms with Gasteiger partial charge in [-0.3, -0.25) is 4.79 Å². The highest BCUT2D eigenvalue weighted by Gasteiger charge is 2.11. The number of hydrogen-bond donors (Lipinski definition) is 1. The number of ether oxygens (including phenoxy) is 2. The van der Waals surface area contributed by atoms with Gasteiger partial charge in [0, 0.05) is 9.92 Å². The molecule has 0 aliphatic rings. The summed E-state index contributed by atoms with van der Waals surface area (Å²) in [7, 11) is 1.59. The zero-order valence-corrected chi connectivity index (χ0v) is 20.4. The molecule has 1 amide bonds. The first kappa shape index (κ1) is 23.4. The number of carbonyl (C=O) groups excluding carboxylic acids is 1. The van der Waals surface area contributed by atoms with Crippen molar-refractivity contribution in [3.05, 3.63) is 86.4 Å². The predicted octanol–water partition coefficient (Wildman–Crippen LogP) is 5.77. The first-order valence-electron chi connectivity index (χ1n) is 9.29. The van der Waals surface area contributed by atoms with E-state index in [0.29, 0.717) is 23.1 Å². The summed E-state index contributed by atoms with van der Waals surface area (Å²) in [5.74, 6) is 1.34. The number of benzene rings is 3. The van der Waals surface area contributed by atoms with E-state index < -0.39 is 0 Å². The molecule has 0 spiro atoms. The topological polar surface area (TPSA) is 59.9 Å². The van der Waals surface area contributed by atoms with Crippen LogP contribution in [0, 0.1) is 3.57 Å². The number of methoxy groups -OCH3 is 1. The summed E-state index contributed by atoms with van der Waals surface area (Å²) in [5, 5.41) is 4.72. The Kier molecular flexibility index (Phi) is 9.05. The number of halogens is 2. The Labute approximate surface area is 204 Å². The van der Waals surface area contributed by atoms with Crippen molar-refractivity contribution in [2.45, 2.75) is 11.5 Å². The van der Waals surface area contributed by atoms with Gasteiger partial charge in [-0.15, -0.1) is 11.8 Å². The minimum absolute atomic E-state index is 0.194. The van der Waals surface area contributed by atoms with E-state index in [2.05, 4.69) is 33.1 Å². The smallest absolute Gasteiger partial charge is 0.250 e. The molecule has 3 aromatic carbocycles. The minimum Gasteiger partial charge on any atom is -0.493 e. The van der Waals surface area contributed by atoms with Crippen molar-refractivity contribution in [3.8, 4) is 11.5 Å². The van der Waals surface area contributed by atoms with Crippen molar-refractivity contribution in [2.24, 2.45) is 5.10 Å². The molecule has 8 heteroatoms. The van der Waals surface area contributed by atoms with E-state index in [0.717, 1.165) is 19.6 Å². The van der Waals surface area contributed by atoms with Gasteiger partial charge >= 0.3 is 0 Å². The van der Waals surface area contributed by atoms with Gasteiger partial charge in [0.05, 0.1) is 22.6 Å². The molecule has 0 radical (unpaired) electrons. The third-order valence-corrected chi connectivity index (χ3v) is 6.13. The SMILES string of the molecule is COc1cc(/C=N\NC(=O)CSc2ccc(Cl)cc2)cc(I)c1OCc1ccccc1. The summed E-state index contributed by atoms with van der Waals surface area (Å²) in [5.41, 5.74) is 4.41. The summed E-state index contributed by atoms with van der Waals surface area (Å²) in [4.78, 5) is 13.0. The van der Waals surface area contributed by atoms with Gasteiger partial charge in [0.2, 0.25) is 5.91 Å². The van der Waals surface area contributed by atoms with Crippen LogP contribution in [0.3, 0.4) is 0 Å². The molecular weight excluding hydrogens is 547 g/mol. The summed E-state index contributed by atoms with van der Waals surface area (Å²) in [6, 6.07) is 21.0.